The fraction of sp³-hybridized carbons (Fsp3) is 0.429. The number of fused-ring (bicyclic) bond motifs is 1. The first kappa shape index (κ1) is 17.8. The molecule has 4 heteroatoms. The van der Waals surface area contributed by atoms with Gasteiger partial charge in [-0.25, -0.2) is 0 Å². The van der Waals surface area contributed by atoms with Gasteiger partial charge >= 0.3 is 0 Å². The molecule has 25 heavy (non-hydrogen) atoms. The Labute approximate surface area is 149 Å². The molecular formula is C21H27NO3. The van der Waals surface area contributed by atoms with Gasteiger partial charge in [-0.3, -0.25) is 0 Å². The summed E-state index contributed by atoms with van der Waals surface area (Å²) >= 11 is 0. The summed E-state index contributed by atoms with van der Waals surface area (Å²) in [5, 5.41) is 12.5. The number of methoxy groups -OCH3 is 1. The van der Waals surface area contributed by atoms with Crippen molar-refractivity contribution in [1.82, 2.24) is 5.32 Å². The molecule has 4 nitrogen and oxygen atoms in total. The Kier molecular flexibility index (Phi) is 5.95. The maximum atomic E-state index is 8.88. The molecule has 1 aliphatic rings. The fourth-order valence-corrected chi connectivity index (χ4v) is 3.35. The molecule has 1 aliphatic carbocycles. The van der Waals surface area contributed by atoms with Gasteiger partial charge in [-0.15, -0.1) is 0 Å². The van der Waals surface area contributed by atoms with Gasteiger partial charge in [0.25, 0.3) is 0 Å². The quantitative estimate of drug-likeness (QED) is 0.773. The highest BCUT2D eigenvalue weighted by molar-refractivity contribution is 5.43. The van der Waals surface area contributed by atoms with Gasteiger partial charge in [0.1, 0.15) is 6.61 Å². The first-order chi connectivity index (χ1) is 12.2. The molecule has 1 unspecified atom stereocenters. The lowest BCUT2D eigenvalue weighted by molar-refractivity contribution is 0.196. The zero-order valence-corrected chi connectivity index (χ0v) is 15.0. The van der Waals surface area contributed by atoms with Crippen molar-refractivity contribution in [2.45, 2.75) is 38.8 Å². The van der Waals surface area contributed by atoms with Gasteiger partial charge in [0.15, 0.2) is 11.5 Å². The Morgan fingerprint density at radius 3 is 2.72 bits per heavy atom. The Hall–Kier alpha value is -2.04. The van der Waals surface area contributed by atoms with Gasteiger partial charge in [-0.1, -0.05) is 24.3 Å². The van der Waals surface area contributed by atoms with E-state index in [0.717, 1.165) is 12.1 Å². The lowest BCUT2D eigenvalue weighted by Gasteiger charge is -2.17. The van der Waals surface area contributed by atoms with Crippen LogP contribution in [0.25, 0.3) is 0 Å². The molecule has 0 aliphatic heterocycles. The van der Waals surface area contributed by atoms with E-state index < -0.39 is 0 Å². The Morgan fingerprint density at radius 2 is 1.92 bits per heavy atom. The average Bonchev–Trinajstić information content (AvgIpc) is 3.12. The minimum absolute atomic E-state index is 0.00917. The van der Waals surface area contributed by atoms with Gasteiger partial charge in [0.05, 0.1) is 13.7 Å². The van der Waals surface area contributed by atoms with Crippen molar-refractivity contribution < 1.29 is 14.6 Å². The first-order valence-corrected chi connectivity index (χ1v) is 8.97. The first-order valence-electron chi connectivity index (χ1n) is 8.97. The lowest BCUT2D eigenvalue weighted by atomic mass is 10.0. The minimum atomic E-state index is -0.00917. The Morgan fingerprint density at radius 1 is 1.08 bits per heavy atom. The van der Waals surface area contributed by atoms with Crippen LogP contribution in [0.15, 0.2) is 36.4 Å². The summed E-state index contributed by atoms with van der Waals surface area (Å²) in [6.45, 7) is 3.22. The number of hydrogen-bond acceptors (Lipinski definition) is 4. The fourth-order valence-electron chi connectivity index (χ4n) is 3.35. The second kappa shape index (κ2) is 8.37. The SMILES string of the molecule is COc1cc(CNC(C)c2ccc3c(c2)CCC3)ccc1OCCO. The molecule has 134 valence electrons. The molecule has 0 fully saturated rings. The van der Waals surface area contributed by atoms with Crippen LogP contribution in [0.4, 0.5) is 0 Å². The molecule has 0 radical (unpaired) electrons. The van der Waals surface area contributed by atoms with Crippen LogP contribution in [-0.2, 0) is 19.4 Å². The molecule has 0 heterocycles. The van der Waals surface area contributed by atoms with E-state index in [4.69, 9.17) is 14.6 Å². The summed E-state index contributed by atoms with van der Waals surface area (Å²) in [6, 6.07) is 13.1. The molecule has 0 aromatic heterocycles. The summed E-state index contributed by atoms with van der Waals surface area (Å²) in [5.41, 5.74) is 5.51. The minimum Gasteiger partial charge on any atom is -0.493 e. The Balaban J connectivity index is 1.62. The molecule has 3 rings (SSSR count). The van der Waals surface area contributed by atoms with Crippen LogP contribution in [-0.4, -0.2) is 25.4 Å². The molecule has 2 aromatic carbocycles. The van der Waals surface area contributed by atoms with Crippen LogP contribution in [0.2, 0.25) is 0 Å². The largest absolute Gasteiger partial charge is 0.493 e. The van der Waals surface area contributed by atoms with Gasteiger partial charge in [0, 0.05) is 12.6 Å². The number of aliphatic hydroxyl groups excluding tert-OH is 1. The summed E-state index contributed by atoms with van der Waals surface area (Å²) in [4.78, 5) is 0. The highest BCUT2D eigenvalue weighted by Gasteiger charge is 2.13. The van der Waals surface area contributed by atoms with E-state index in [1.165, 1.54) is 36.0 Å². The van der Waals surface area contributed by atoms with Crippen molar-refractivity contribution in [2.24, 2.45) is 0 Å². The lowest BCUT2D eigenvalue weighted by Crippen LogP contribution is -2.18. The van der Waals surface area contributed by atoms with Crippen molar-refractivity contribution in [2.75, 3.05) is 20.3 Å². The van der Waals surface area contributed by atoms with Crippen molar-refractivity contribution >= 4 is 0 Å². The third-order valence-electron chi connectivity index (χ3n) is 4.81. The van der Waals surface area contributed by atoms with Crippen LogP contribution < -0.4 is 14.8 Å². The maximum absolute atomic E-state index is 8.88. The molecule has 2 aromatic rings. The van der Waals surface area contributed by atoms with Gasteiger partial charge in [0.2, 0.25) is 0 Å². The monoisotopic (exact) mass is 341 g/mol. The summed E-state index contributed by atoms with van der Waals surface area (Å²) < 4.78 is 10.9. The third-order valence-corrected chi connectivity index (χ3v) is 4.81. The topological polar surface area (TPSA) is 50.7 Å². The van der Waals surface area contributed by atoms with Crippen LogP contribution in [0.5, 0.6) is 11.5 Å². The van der Waals surface area contributed by atoms with Crippen LogP contribution in [0.3, 0.4) is 0 Å². The summed E-state index contributed by atoms with van der Waals surface area (Å²) in [7, 11) is 1.63. The highest BCUT2D eigenvalue weighted by atomic mass is 16.5. The zero-order valence-electron chi connectivity index (χ0n) is 15.0. The number of aryl methyl sites for hydroxylation is 2. The highest BCUT2D eigenvalue weighted by Crippen LogP contribution is 2.29. The van der Waals surface area contributed by atoms with E-state index in [0.29, 0.717) is 17.5 Å². The average molecular weight is 341 g/mol. The molecular weight excluding hydrogens is 314 g/mol. The predicted molar refractivity (Wildman–Crippen MR) is 99.3 cm³/mol. The number of aliphatic hydroxyl groups is 1. The zero-order chi connectivity index (χ0) is 17.6. The standard InChI is InChI=1S/C21H27NO3/c1-15(18-8-7-17-4-3-5-19(17)13-18)22-14-16-6-9-20(25-11-10-23)21(12-16)24-2/h6-9,12-13,15,22-23H,3-5,10-11,14H2,1-2H3. The smallest absolute Gasteiger partial charge is 0.161 e. The molecule has 0 saturated heterocycles. The van der Waals surface area contributed by atoms with Crippen molar-refractivity contribution in [3.05, 3.63) is 58.7 Å². The van der Waals surface area contributed by atoms with E-state index in [9.17, 15) is 0 Å². The van der Waals surface area contributed by atoms with Crippen LogP contribution in [0, 0.1) is 0 Å². The van der Waals surface area contributed by atoms with E-state index in [-0.39, 0.29) is 13.2 Å². The van der Waals surface area contributed by atoms with Crippen molar-refractivity contribution in [3.8, 4) is 11.5 Å². The number of nitrogens with one attached hydrogen (secondary N) is 1. The third kappa shape index (κ3) is 4.33. The van der Waals surface area contributed by atoms with Gasteiger partial charge < -0.3 is 19.9 Å². The molecule has 0 amide bonds. The van der Waals surface area contributed by atoms with E-state index in [2.05, 4.69) is 30.4 Å². The second-order valence-electron chi connectivity index (χ2n) is 6.54. The van der Waals surface area contributed by atoms with E-state index in [1.54, 1.807) is 7.11 Å². The maximum Gasteiger partial charge on any atom is 0.161 e. The predicted octanol–water partition coefficient (Wildman–Crippen LogP) is 3.41. The number of hydrogen-bond donors (Lipinski definition) is 2. The molecule has 0 bridgehead atoms. The van der Waals surface area contributed by atoms with E-state index >= 15 is 0 Å². The normalized spacial score (nSPS) is 14.2. The van der Waals surface area contributed by atoms with Crippen molar-refractivity contribution in [1.29, 1.82) is 0 Å². The molecule has 1 atom stereocenters. The molecule has 0 spiro atoms. The van der Waals surface area contributed by atoms with E-state index in [1.807, 2.05) is 18.2 Å². The number of ether oxygens (including phenoxy) is 2. The van der Waals surface area contributed by atoms with Crippen LogP contribution >= 0.6 is 0 Å². The Bertz CT molecular complexity index is 714. The number of rotatable bonds is 8. The second-order valence-corrected chi connectivity index (χ2v) is 6.54. The van der Waals surface area contributed by atoms with Crippen molar-refractivity contribution in [3.63, 3.8) is 0 Å². The van der Waals surface area contributed by atoms with Crippen LogP contribution in [0.1, 0.15) is 41.6 Å². The summed E-state index contributed by atoms with van der Waals surface area (Å²) in [5.74, 6) is 1.35. The number of benzene rings is 2. The molecule has 0 saturated carbocycles. The van der Waals surface area contributed by atoms with Gasteiger partial charge in [-0.05, 0) is 60.6 Å². The van der Waals surface area contributed by atoms with Gasteiger partial charge in [-0.2, -0.15) is 0 Å². The summed E-state index contributed by atoms with van der Waals surface area (Å²) in [6.07, 6.45) is 3.72. The molecule has 2 N–H and O–H groups in total.